The number of para-hydroxylation sites is 1. The third-order valence-electron chi connectivity index (χ3n) is 5.30. The molecule has 1 atom stereocenters. The van der Waals surface area contributed by atoms with E-state index in [1.165, 1.54) is 0 Å². The summed E-state index contributed by atoms with van der Waals surface area (Å²) in [5.41, 5.74) is 2.73. The zero-order valence-corrected chi connectivity index (χ0v) is 17.5. The number of fused-ring (bicyclic) bond motifs is 1. The van der Waals surface area contributed by atoms with Gasteiger partial charge < -0.3 is 9.88 Å². The molecule has 2 heterocycles. The molecule has 0 spiro atoms. The lowest BCUT2D eigenvalue weighted by molar-refractivity contribution is 0.589. The third-order valence-corrected chi connectivity index (χ3v) is 5.30. The van der Waals surface area contributed by atoms with Crippen LogP contribution in [0, 0.1) is 18.8 Å². The van der Waals surface area contributed by atoms with Gasteiger partial charge in [-0.3, -0.25) is 9.36 Å². The van der Waals surface area contributed by atoms with Crippen molar-refractivity contribution in [1.29, 1.82) is 0 Å². The van der Waals surface area contributed by atoms with Crippen molar-refractivity contribution in [2.45, 2.75) is 19.9 Å². The highest BCUT2D eigenvalue weighted by atomic mass is 16.1. The van der Waals surface area contributed by atoms with Crippen LogP contribution in [0.1, 0.15) is 35.9 Å². The normalized spacial score (nSPS) is 11.9. The Morgan fingerprint density at radius 2 is 1.83 bits per heavy atom. The van der Waals surface area contributed by atoms with Crippen molar-refractivity contribution in [1.82, 2.24) is 24.4 Å². The van der Waals surface area contributed by atoms with Gasteiger partial charge >= 0.3 is 0 Å². The van der Waals surface area contributed by atoms with Crippen LogP contribution in [0.5, 0.6) is 0 Å². The van der Waals surface area contributed by atoms with Crippen molar-refractivity contribution in [3.63, 3.8) is 0 Å². The zero-order valence-electron chi connectivity index (χ0n) is 17.5. The van der Waals surface area contributed by atoms with E-state index in [4.69, 9.17) is 4.98 Å². The fourth-order valence-electron chi connectivity index (χ4n) is 3.35. The van der Waals surface area contributed by atoms with Gasteiger partial charge in [0.2, 0.25) is 0 Å². The summed E-state index contributed by atoms with van der Waals surface area (Å²) in [5, 5.41) is 3.71. The fraction of sp³-hybridized carbons (Fsp3) is 0.208. The molecule has 0 radical (unpaired) electrons. The molecule has 30 heavy (non-hydrogen) atoms. The summed E-state index contributed by atoms with van der Waals surface area (Å²) in [7, 11) is 3.78. The van der Waals surface area contributed by atoms with E-state index in [1.807, 2.05) is 81.0 Å². The molecule has 4 rings (SSSR count). The van der Waals surface area contributed by atoms with E-state index in [9.17, 15) is 4.79 Å². The number of aromatic nitrogens is 4. The van der Waals surface area contributed by atoms with E-state index in [1.54, 1.807) is 10.8 Å². The standard InChI is InChI=1S/C24H23N5O/c1-16(25-3)23-27-21-12-8-9-18(13-14-20-15-26-17(2)28(20)4)22(21)24(30)29(23)19-10-6-5-7-11-19/h5-12,15-16,25H,1-4H3. The summed E-state index contributed by atoms with van der Waals surface area (Å²) in [5.74, 6) is 7.85. The fourth-order valence-corrected chi connectivity index (χ4v) is 3.35. The van der Waals surface area contributed by atoms with Crippen LogP contribution in [0.4, 0.5) is 0 Å². The van der Waals surface area contributed by atoms with E-state index in [2.05, 4.69) is 22.1 Å². The summed E-state index contributed by atoms with van der Waals surface area (Å²) in [6.45, 7) is 3.91. The maximum Gasteiger partial charge on any atom is 0.267 e. The lowest BCUT2D eigenvalue weighted by atomic mass is 10.1. The highest BCUT2D eigenvalue weighted by Gasteiger charge is 2.18. The Labute approximate surface area is 175 Å². The smallest absolute Gasteiger partial charge is 0.267 e. The minimum atomic E-state index is -0.130. The average Bonchev–Trinajstić information content (AvgIpc) is 3.09. The Balaban J connectivity index is 2.00. The first-order chi connectivity index (χ1) is 14.5. The summed E-state index contributed by atoms with van der Waals surface area (Å²) >= 11 is 0. The Hall–Kier alpha value is -3.69. The van der Waals surface area contributed by atoms with E-state index >= 15 is 0 Å². The molecule has 0 aliphatic carbocycles. The van der Waals surface area contributed by atoms with Crippen LogP contribution in [0.2, 0.25) is 0 Å². The molecule has 0 saturated carbocycles. The number of benzene rings is 2. The lowest BCUT2D eigenvalue weighted by Crippen LogP contribution is -2.29. The molecule has 2 aromatic heterocycles. The second-order valence-corrected chi connectivity index (χ2v) is 7.16. The van der Waals surface area contributed by atoms with Crippen LogP contribution in [-0.4, -0.2) is 26.1 Å². The first kappa shape index (κ1) is 19.6. The van der Waals surface area contributed by atoms with Crippen molar-refractivity contribution in [3.05, 3.63) is 88.0 Å². The number of hydrogen-bond donors (Lipinski definition) is 1. The van der Waals surface area contributed by atoms with Crippen molar-refractivity contribution in [2.24, 2.45) is 7.05 Å². The largest absolute Gasteiger partial charge is 0.325 e. The summed E-state index contributed by atoms with van der Waals surface area (Å²) in [4.78, 5) is 22.8. The molecule has 6 heteroatoms. The van der Waals surface area contributed by atoms with Crippen molar-refractivity contribution in [2.75, 3.05) is 7.05 Å². The molecule has 1 N–H and O–H groups in total. The second-order valence-electron chi connectivity index (χ2n) is 7.16. The number of aryl methyl sites for hydroxylation is 1. The van der Waals surface area contributed by atoms with Gasteiger partial charge in [0, 0.05) is 12.6 Å². The number of hydrogen-bond acceptors (Lipinski definition) is 4. The number of rotatable bonds is 3. The highest BCUT2D eigenvalue weighted by molar-refractivity contribution is 5.84. The second kappa shape index (κ2) is 7.97. The maximum atomic E-state index is 13.7. The Bertz CT molecular complexity index is 1340. The van der Waals surface area contributed by atoms with Gasteiger partial charge in [0.1, 0.15) is 17.3 Å². The first-order valence-electron chi connectivity index (χ1n) is 9.80. The van der Waals surface area contributed by atoms with Crippen molar-refractivity contribution >= 4 is 10.9 Å². The summed E-state index contributed by atoms with van der Waals surface area (Å²) < 4.78 is 3.59. The van der Waals surface area contributed by atoms with Gasteiger partial charge in [-0.15, -0.1) is 0 Å². The van der Waals surface area contributed by atoms with Gasteiger partial charge in [-0.1, -0.05) is 30.2 Å². The summed E-state index contributed by atoms with van der Waals surface area (Å²) in [6.07, 6.45) is 1.74. The molecule has 0 amide bonds. The number of nitrogens with zero attached hydrogens (tertiary/aromatic N) is 4. The van der Waals surface area contributed by atoms with Crippen LogP contribution < -0.4 is 10.9 Å². The Morgan fingerprint density at radius 1 is 1.07 bits per heavy atom. The first-order valence-corrected chi connectivity index (χ1v) is 9.80. The molecule has 0 aliphatic rings. The Morgan fingerprint density at radius 3 is 2.50 bits per heavy atom. The minimum Gasteiger partial charge on any atom is -0.325 e. The molecule has 1 unspecified atom stereocenters. The molecule has 0 fully saturated rings. The molecule has 150 valence electrons. The molecule has 6 nitrogen and oxygen atoms in total. The van der Waals surface area contributed by atoms with Gasteiger partial charge in [-0.05, 0) is 51.1 Å². The molecular formula is C24H23N5O. The lowest BCUT2D eigenvalue weighted by Gasteiger charge is -2.18. The maximum absolute atomic E-state index is 13.7. The van der Waals surface area contributed by atoms with Crippen LogP contribution >= 0.6 is 0 Å². The van der Waals surface area contributed by atoms with Gasteiger partial charge in [0.25, 0.3) is 5.56 Å². The quantitative estimate of drug-likeness (QED) is 0.540. The van der Waals surface area contributed by atoms with Crippen molar-refractivity contribution < 1.29 is 0 Å². The Kier molecular flexibility index (Phi) is 5.21. The van der Waals surface area contributed by atoms with Gasteiger partial charge in [-0.25, -0.2) is 9.97 Å². The van der Waals surface area contributed by atoms with Gasteiger partial charge in [0.05, 0.1) is 28.8 Å². The topological polar surface area (TPSA) is 64.7 Å². The van der Waals surface area contributed by atoms with Crippen molar-refractivity contribution in [3.8, 4) is 17.5 Å². The highest BCUT2D eigenvalue weighted by Crippen LogP contribution is 2.19. The molecule has 0 bridgehead atoms. The van der Waals surface area contributed by atoms with E-state index < -0.39 is 0 Å². The van der Waals surface area contributed by atoms with E-state index in [-0.39, 0.29) is 11.6 Å². The number of nitrogens with one attached hydrogen (secondary N) is 1. The molecular weight excluding hydrogens is 374 g/mol. The van der Waals surface area contributed by atoms with E-state index in [0.717, 1.165) is 17.2 Å². The summed E-state index contributed by atoms with van der Waals surface area (Å²) in [6, 6.07) is 15.1. The predicted molar refractivity (Wildman–Crippen MR) is 119 cm³/mol. The average molecular weight is 397 g/mol. The molecule has 2 aromatic carbocycles. The van der Waals surface area contributed by atoms with Gasteiger partial charge in [0.15, 0.2) is 0 Å². The SMILES string of the molecule is CNC(C)c1nc2cccc(C#Cc3cnc(C)n3C)c2c(=O)n1-c1ccccc1. The third kappa shape index (κ3) is 3.40. The molecule has 0 saturated heterocycles. The minimum absolute atomic E-state index is 0.102. The van der Waals surface area contributed by atoms with Crippen LogP contribution in [0.25, 0.3) is 16.6 Å². The molecule has 4 aromatic rings. The van der Waals surface area contributed by atoms with Crippen LogP contribution in [0.15, 0.2) is 59.5 Å². The van der Waals surface area contributed by atoms with Crippen LogP contribution in [0.3, 0.4) is 0 Å². The molecule has 0 aliphatic heterocycles. The zero-order chi connectivity index (χ0) is 21.3. The van der Waals surface area contributed by atoms with Gasteiger partial charge in [-0.2, -0.15) is 0 Å². The number of imidazole rings is 1. The van der Waals surface area contributed by atoms with E-state index in [0.29, 0.717) is 22.3 Å². The monoisotopic (exact) mass is 397 g/mol. The predicted octanol–water partition coefficient (Wildman–Crippen LogP) is 3.11. The van der Waals surface area contributed by atoms with Crippen LogP contribution in [-0.2, 0) is 7.05 Å².